The maximum absolute atomic E-state index is 13.7. The first-order valence-electron chi connectivity index (χ1n) is 8.46. The van der Waals surface area contributed by atoms with Crippen LogP contribution in [-0.2, 0) is 13.1 Å². The number of hydrogen-bond donors (Lipinski definition) is 0. The first kappa shape index (κ1) is 18.6. The van der Waals surface area contributed by atoms with E-state index in [4.69, 9.17) is 9.47 Å². The van der Waals surface area contributed by atoms with Gasteiger partial charge in [0.15, 0.2) is 0 Å². The highest BCUT2D eigenvalue weighted by atomic mass is 19.1. The van der Waals surface area contributed by atoms with E-state index >= 15 is 0 Å². The van der Waals surface area contributed by atoms with Crippen molar-refractivity contribution in [3.8, 4) is 11.5 Å². The second-order valence-corrected chi connectivity index (χ2v) is 6.00. The lowest BCUT2D eigenvalue weighted by molar-refractivity contribution is 0.414. The molecule has 140 valence electrons. The Morgan fingerprint density at radius 2 is 1.26 bits per heavy atom. The molecule has 0 radical (unpaired) electrons. The van der Waals surface area contributed by atoms with Crippen LogP contribution in [0.4, 0.5) is 10.3 Å². The summed E-state index contributed by atoms with van der Waals surface area (Å²) in [5, 5.41) is 0. The number of aromatic nitrogens is 3. The van der Waals surface area contributed by atoms with Crippen molar-refractivity contribution in [2.75, 3.05) is 19.1 Å². The molecule has 0 N–H and O–H groups in total. The zero-order chi connectivity index (χ0) is 19.2. The Morgan fingerprint density at radius 3 is 1.67 bits per heavy atom. The van der Waals surface area contributed by atoms with Gasteiger partial charge in [0.2, 0.25) is 5.95 Å². The number of halogens is 1. The average molecular weight is 368 g/mol. The summed E-state index contributed by atoms with van der Waals surface area (Å²) >= 11 is 0. The van der Waals surface area contributed by atoms with Gasteiger partial charge < -0.3 is 14.4 Å². The largest absolute Gasteiger partial charge is 0.497 e. The first-order valence-corrected chi connectivity index (χ1v) is 8.46. The quantitative estimate of drug-likeness (QED) is 0.636. The summed E-state index contributed by atoms with van der Waals surface area (Å²) in [6, 6.07) is 15.4. The highest BCUT2D eigenvalue weighted by Gasteiger charge is 2.14. The maximum Gasteiger partial charge on any atom is 0.313 e. The summed E-state index contributed by atoms with van der Waals surface area (Å²) in [4.78, 5) is 13.7. The molecule has 0 saturated heterocycles. The maximum atomic E-state index is 13.7. The summed E-state index contributed by atoms with van der Waals surface area (Å²) in [6.45, 7) is 2.67. The average Bonchev–Trinajstić information content (AvgIpc) is 2.68. The van der Waals surface area contributed by atoms with Crippen molar-refractivity contribution >= 4 is 5.95 Å². The minimum Gasteiger partial charge on any atom is -0.497 e. The Kier molecular flexibility index (Phi) is 5.80. The SMILES string of the molecule is COc1ccc(CN(Cc2ccc(OC)cc2)c2nc(C)nc(F)n2)cc1. The van der Waals surface area contributed by atoms with Gasteiger partial charge in [-0.05, 0) is 42.3 Å². The van der Waals surface area contributed by atoms with Crippen molar-refractivity contribution in [1.29, 1.82) is 0 Å². The molecule has 0 fully saturated rings. The molecule has 0 aliphatic rings. The molecule has 0 spiro atoms. The van der Waals surface area contributed by atoms with Gasteiger partial charge in [0.05, 0.1) is 14.2 Å². The normalized spacial score (nSPS) is 10.5. The van der Waals surface area contributed by atoms with Crippen molar-refractivity contribution in [3.63, 3.8) is 0 Å². The molecule has 2 aromatic carbocycles. The Hall–Kier alpha value is -3.22. The lowest BCUT2D eigenvalue weighted by Gasteiger charge is -2.23. The van der Waals surface area contributed by atoms with Crippen LogP contribution in [0.1, 0.15) is 17.0 Å². The van der Waals surface area contributed by atoms with E-state index in [0.717, 1.165) is 22.6 Å². The van der Waals surface area contributed by atoms with Gasteiger partial charge in [-0.1, -0.05) is 24.3 Å². The van der Waals surface area contributed by atoms with E-state index in [1.807, 2.05) is 53.4 Å². The molecule has 3 aromatic rings. The van der Waals surface area contributed by atoms with Gasteiger partial charge in [-0.3, -0.25) is 0 Å². The molecule has 0 saturated carbocycles. The molecule has 6 nitrogen and oxygen atoms in total. The predicted molar refractivity (Wildman–Crippen MR) is 100 cm³/mol. The number of hydrogen-bond acceptors (Lipinski definition) is 6. The zero-order valence-corrected chi connectivity index (χ0v) is 15.5. The molecule has 0 atom stereocenters. The van der Waals surface area contributed by atoms with Gasteiger partial charge in [0.1, 0.15) is 17.3 Å². The monoisotopic (exact) mass is 368 g/mol. The van der Waals surface area contributed by atoms with Crippen molar-refractivity contribution in [1.82, 2.24) is 15.0 Å². The summed E-state index contributed by atoms with van der Waals surface area (Å²) in [5.74, 6) is 2.20. The fraction of sp³-hybridized carbons (Fsp3) is 0.250. The zero-order valence-electron chi connectivity index (χ0n) is 15.5. The predicted octanol–water partition coefficient (Wildman–Crippen LogP) is 3.54. The van der Waals surface area contributed by atoms with E-state index in [2.05, 4.69) is 15.0 Å². The number of nitrogens with zero attached hydrogens (tertiary/aromatic N) is 4. The van der Waals surface area contributed by atoms with E-state index in [1.165, 1.54) is 0 Å². The summed E-state index contributed by atoms with van der Waals surface area (Å²) in [7, 11) is 3.25. The van der Waals surface area contributed by atoms with E-state index in [9.17, 15) is 4.39 Å². The standard InChI is InChI=1S/C20H21FN4O2/c1-14-22-19(21)24-20(23-14)25(12-15-4-8-17(26-2)9-5-15)13-16-6-10-18(27-3)11-7-16/h4-11H,12-13H2,1-3H3. The Bertz CT molecular complexity index is 816. The molecule has 0 bridgehead atoms. The van der Waals surface area contributed by atoms with E-state index in [-0.39, 0.29) is 0 Å². The lowest BCUT2D eigenvalue weighted by atomic mass is 10.1. The summed E-state index contributed by atoms with van der Waals surface area (Å²) in [6.07, 6.45) is -0.785. The van der Waals surface area contributed by atoms with E-state index in [1.54, 1.807) is 21.1 Å². The third-order valence-corrected chi connectivity index (χ3v) is 4.06. The second-order valence-electron chi connectivity index (χ2n) is 6.00. The molecule has 0 aliphatic carbocycles. The third-order valence-electron chi connectivity index (χ3n) is 4.06. The van der Waals surface area contributed by atoms with Gasteiger partial charge in [-0.2, -0.15) is 19.3 Å². The molecular formula is C20H21FN4O2. The molecular weight excluding hydrogens is 347 g/mol. The number of rotatable bonds is 7. The van der Waals surface area contributed by atoms with Crippen molar-refractivity contribution in [3.05, 3.63) is 71.6 Å². The number of anilines is 1. The van der Waals surface area contributed by atoms with Crippen LogP contribution < -0.4 is 14.4 Å². The summed E-state index contributed by atoms with van der Waals surface area (Å²) in [5.41, 5.74) is 2.06. The van der Waals surface area contributed by atoms with Gasteiger partial charge in [-0.15, -0.1) is 0 Å². The molecule has 0 amide bonds. The van der Waals surface area contributed by atoms with Crippen LogP contribution in [0.5, 0.6) is 11.5 Å². The van der Waals surface area contributed by atoms with Crippen LogP contribution in [0.2, 0.25) is 0 Å². The first-order chi connectivity index (χ1) is 13.1. The molecule has 7 heteroatoms. The fourth-order valence-corrected chi connectivity index (χ4v) is 2.68. The Labute approximate surface area is 157 Å². The van der Waals surface area contributed by atoms with Gasteiger partial charge in [0, 0.05) is 13.1 Å². The Morgan fingerprint density at radius 1 is 0.778 bits per heavy atom. The van der Waals surface area contributed by atoms with E-state index in [0.29, 0.717) is 24.9 Å². The van der Waals surface area contributed by atoms with Crippen LogP contribution in [0, 0.1) is 13.0 Å². The number of benzene rings is 2. The minimum atomic E-state index is -0.785. The lowest BCUT2D eigenvalue weighted by Crippen LogP contribution is -2.25. The molecule has 27 heavy (non-hydrogen) atoms. The Balaban J connectivity index is 1.88. The molecule has 1 heterocycles. The van der Waals surface area contributed by atoms with Gasteiger partial charge in [0.25, 0.3) is 0 Å². The van der Waals surface area contributed by atoms with Crippen molar-refractivity contribution < 1.29 is 13.9 Å². The van der Waals surface area contributed by atoms with Gasteiger partial charge in [-0.25, -0.2) is 0 Å². The van der Waals surface area contributed by atoms with Crippen molar-refractivity contribution in [2.24, 2.45) is 0 Å². The highest BCUT2D eigenvalue weighted by molar-refractivity contribution is 5.37. The second kappa shape index (κ2) is 8.44. The highest BCUT2D eigenvalue weighted by Crippen LogP contribution is 2.20. The van der Waals surface area contributed by atoms with Crippen LogP contribution >= 0.6 is 0 Å². The molecule has 0 aliphatic heterocycles. The minimum absolute atomic E-state index is 0.298. The molecule has 3 rings (SSSR count). The van der Waals surface area contributed by atoms with Crippen LogP contribution in [0.3, 0.4) is 0 Å². The number of methoxy groups -OCH3 is 2. The van der Waals surface area contributed by atoms with Crippen LogP contribution in [0.15, 0.2) is 48.5 Å². The van der Waals surface area contributed by atoms with Crippen LogP contribution in [-0.4, -0.2) is 29.2 Å². The number of ether oxygens (including phenoxy) is 2. The molecule has 1 aromatic heterocycles. The van der Waals surface area contributed by atoms with Gasteiger partial charge >= 0.3 is 6.08 Å². The van der Waals surface area contributed by atoms with Crippen LogP contribution in [0.25, 0.3) is 0 Å². The summed E-state index contributed by atoms with van der Waals surface area (Å²) < 4.78 is 24.1. The number of aryl methyl sites for hydroxylation is 1. The van der Waals surface area contributed by atoms with Crippen molar-refractivity contribution in [2.45, 2.75) is 20.0 Å². The topological polar surface area (TPSA) is 60.4 Å². The third kappa shape index (κ3) is 4.91. The molecule has 0 unspecified atom stereocenters. The van der Waals surface area contributed by atoms with E-state index < -0.39 is 6.08 Å². The smallest absolute Gasteiger partial charge is 0.313 e. The fourth-order valence-electron chi connectivity index (χ4n) is 2.68.